The van der Waals surface area contributed by atoms with Crippen LogP contribution in [0.5, 0.6) is 0 Å². The molecular formula is C15H33N3O. The summed E-state index contributed by atoms with van der Waals surface area (Å²) in [5, 5.41) is 6.37. The second kappa shape index (κ2) is 10.2. The van der Waals surface area contributed by atoms with Gasteiger partial charge in [-0.25, -0.2) is 0 Å². The van der Waals surface area contributed by atoms with Gasteiger partial charge in [-0.2, -0.15) is 0 Å². The molecule has 19 heavy (non-hydrogen) atoms. The van der Waals surface area contributed by atoms with Crippen molar-refractivity contribution >= 4 is 5.91 Å². The molecule has 0 aliphatic rings. The Labute approximate surface area is 119 Å². The van der Waals surface area contributed by atoms with Crippen molar-refractivity contribution in [2.45, 2.75) is 72.0 Å². The Balaban J connectivity index is 3.91. The molecule has 2 unspecified atom stereocenters. The van der Waals surface area contributed by atoms with Gasteiger partial charge in [-0.05, 0) is 40.2 Å². The van der Waals surface area contributed by atoms with E-state index < -0.39 is 0 Å². The molecule has 1 amide bonds. The van der Waals surface area contributed by atoms with Crippen LogP contribution in [-0.4, -0.2) is 49.1 Å². The SMILES string of the molecule is CCC(CC)NC(=O)C(C)NCCN(C)C(C)CC. The van der Waals surface area contributed by atoms with Crippen molar-refractivity contribution in [1.82, 2.24) is 15.5 Å². The van der Waals surface area contributed by atoms with E-state index in [1.807, 2.05) is 6.92 Å². The lowest BCUT2D eigenvalue weighted by Gasteiger charge is -2.25. The number of hydrogen-bond acceptors (Lipinski definition) is 3. The van der Waals surface area contributed by atoms with Gasteiger partial charge in [0.1, 0.15) is 0 Å². The number of likely N-dealkylation sites (N-methyl/N-ethyl adjacent to an activating group) is 1. The van der Waals surface area contributed by atoms with E-state index in [1.54, 1.807) is 0 Å². The molecule has 0 fully saturated rings. The molecule has 114 valence electrons. The first kappa shape index (κ1) is 18.4. The molecule has 2 atom stereocenters. The molecule has 0 saturated heterocycles. The van der Waals surface area contributed by atoms with Crippen LogP contribution in [0.4, 0.5) is 0 Å². The van der Waals surface area contributed by atoms with Gasteiger partial charge in [-0.15, -0.1) is 0 Å². The van der Waals surface area contributed by atoms with Crippen LogP contribution in [0, 0.1) is 0 Å². The lowest BCUT2D eigenvalue weighted by molar-refractivity contribution is -0.123. The lowest BCUT2D eigenvalue weighted by Crippen LogP contribution is -2.47. The third-order valence-corrected chi connectivity index (χ3v) is 3.98. The highest BCUT2D eigenvalue weighted by Crippen LogP contribution is 1.99. The summed E-state index contributed by atoms with van der Waals surface area (Å²) in [4.78, 5) is 14.3. The van der Waals surface area contributed by atoms with Gasteiger partial charge in [0, 0.05) is 25.2 Å². The first-order valence-corrected chi connectivity index (χ1v) is 7.70. The van der Waals surface area contributed by atoms with Crippen molar-refractivity contribution in [3.63, 3.8) is 0 Å². The number of carbonyl (C=O) groups is 1. The summed E-state index contributed by atoms with van der Waals surface area (Å²) in [5.74, 6) is 0.111. The average Bonchev–Trinajstić information content (AvgIpc) is 2.42. The molecule has 0 rings (SSSR count). The van der Waals surface area contributed by atoms with Gasteiger partial charge in [0.2, 0.25) is 5.91 Å². The minimum Gasteiger partial charge on any atom is -0.352 e. The van der Waals surface area contributed by atoms with Crippen LogP contribution in [0.15, 0.2) is 0 Å². The van der Waals surface area contributed by atoms with Crippen LogP contribution in [0.2, 0.25) is 0 Å². The Kier molecular flexibility index (Phi) is 9.88. The van der Waals surface area contributed by atoms with Gasteiger partial charge in [0.05, 0.1) is 6.04 Å². The third kappa shape index (κ3) is 7.53. The van der Waals surface area contributed by atoms with Gasteiger partial charge >= 0.3 is 0 Å². The van der Waals surface area contributed by atoms with Crippen molar-refractivity contribution in [1.29, 1.82) is 0 Å². The smallest absolute Gasteiger partial charge is 0.237 e. The normalized spacial score (nSPS) is 14.7. The number of nitrogens with zero attached hydrogens (tertiary/aromatic N) is 1. The largest absolute Gasteiger partial charge is 0.352 e. The second-order valence-corrected chi connectivity index (χ2v) is 5.44. The van der Waals surface area contributed by atoms with Crippen molar-refractivity contribution < 1.29 is 4.79 Å². The minimum absolute atomic E-state index is 0.111. The van der Waals surface area contributed by atoms with Gasteiger partial charge in [-0.1, -0.05) is 20.8 Å². The average molecular weight is 271 g/mol. The second-order valence-electron chi connectivity index (χ2n) is 5.44. The minimum atomic E-state index is -0.120. The number of rotatable bonds is 10. The molecule has 0 bridgehead atoms. The van der Waals surface area contributed by atoms with Crippen LogP contribution < -0.4 is 10.6 Å². The summed E-state index contributed by atoms with van der Waals surface area (Å²) in [6.45, 7) is 12.4. The number of hydrogen-bond donors (Lipinski definition) is 2. The van der Waals surface area contributed by atoms with Crippen LogP contribution in [0.1, 0.15) is 53.9 Å². The first-order chi connectivity index (χ1) is 8.96. The summed E-state index contributed by atoms with van der Waals surface area (Å²) in [7, 11) is 2.13. The molecule has 0 aliphatic heterocycles. The Morgan fingerprint density at radius 2 is 1.68 bits per heavy atom. The highest BCUT2D eigenvalue weighted by molar-refractivity contribution is 5.81. The molecule has 0 aromatic carbocycles. The molecule has 0 aromatic heterocycles. The predicted octanol–water partition coefficient (Wildman–Crippen LogP) is 2.00. The van der Waals surface area contributed by atoms with Crippen LogP contribution in [-0.2, 0) is 4.79 Å². The Hall–Kier alpha value is -0.610. The molecule has 4 heteroatoms. The Bertz CT molecular complexity index is 242. The number of amides is 1. The molecule has 2 N–H and O–H groups in total. The van der Waals surface area contributed by atoms with E-state index in [4.69, 9.17) is 0 Å². The predicted molar refractivity (Wildman–Crippen MR) is 82.4 cm³/mol. The van der Waals surface area contributed by atoms with E-state index in [9.17, 15) is 4.79 Å². The van der Waals surface area contributed by atoms with Gasteiger partial charge in [0.15, 0.2) is 0 Å². The third-order valence-electron chi connectivity index (χ3n) is 3.98. The summed E-state index contributed by atoms with van der Waals surface area (Å²) in [6, 6.07) is 0.779. The molecule has 0 heterocycles. The molecule has 0 radical (unpaired) electrons. The zero-order valence-corrected chi connectivity index (χ0v) is 13.6. The fraction of sp³-hybridized carbons (Fsp3) is 0.933. The molecule has 0 aromatic rings. The summed E-state index contributed by atoms with van der Waals surface area (Å²) in [6.07, 6.45) is 3.14. The maximum atomic E-state index is 11.9. The topological polar surface area (TPSA) is 44.4 Å². The van der Waals surface area contributed by atoms with Crippen molar-refractivity contribution in [3.8, 4) is 0 Å². The maximum absolute atomic E-state index is 11.9. The zero-order valence-electron chi connectivity index (χ0n) is 13.6. The highest BCUT2D eigenvalue weighted by Gasteiger charge is 2.15. The molecule has 0 aliphatic carbocycles. The van der Waals surface area contributed by atoms with Gasteiger partial charge in [-0.3, -0.25) is 4.79 Å². The van der Waals surface area contributed by atoms with E-state index in [0.29, 0.717) is 12.1 Å². The van der Waals surface area contributed by atoms with Crippen molar-refractivity contribution in [3.05, 3.63) is 0 Å². The van der Waals surface area contributed by atoms with Gasteiger partial charge < -0.3 is 15.5 Å². The number of nitrogens with one attached hydrogen (secondary N) is 2. The van der Waals surface area contributed by atoms with E-state index >= 15 is 0 Å². The Morgan fingerprint density at radius 3 is 2.16 bits per heavy atom. The zero-order chi connectivity index (χ0) is 14.8. The van der Waals surface area contributed by atoms with Gasteiger partial charge in [0.25, 0.3) is 0 Å². The first-order valence-electron chi connectivity index (χ1n) is 7.70. The highest BCUT2D eigenvalue weighted by atomic mass is 16.2. The molecule has 4 nitrogen and oxygen atoms in total. The summed E-state index contributed by atoms with van der Waals surface area (Å²) >= 11 is 0. The van der Waals surface area contributed by atoms with E-state index in [1.165, 1.54) is 0 Å². The quantitative estimate of drug-likeness (QED) is 0.639. The standard InChI is InChI=1S/C15H33N3O/c1-7-12(4)18(6)11-10-16-13(5)15(19)17-14(8-2)9-3/h12-14,16H,7-11H2,1-6H3,(H,17,19). The maximum Gasteiger partial charge on any atom is 0.237 e. The van der Waals surface area contributed by atoms with Crippen molar-refractivity contribution in [2.24, 2.45) is 0 Å². The van der Waals surface area contributed by atoms with E-state index in [0.717, 1.165) is 32.4 Å². The fourth-order valence-electron chi connectivity index (χ4n) is 1.90. The molecule has 0 spiro atoms. The van der Waals surface area contributed by atoms with Crippen LogP contribution >= 0.6 is 0 Å². The molecular weight excluding hydrogens is 238 g/mol. The van der Waals surface area contributed by atoms with Crippen molar-refractivity contribution in [2.75, 3.05) is 20.1 Å². The van der Waals surface area contributed by atoms with E-state index in [2.05, 4.69) is 50.3 Å². The monoisotopic (exact) mass is 271 g/mol. The fourth-order valence-corrected chi connectivity index (χ4v) is 1.90. The summed E-state index contributed by atoms with van der Waals surface area (Å²) in [5.41, 5.74) is 0. The van der Waals surface area contributed by atoms with E-state index in [-0.39, 0.29) is 11.9 Å². The lowest BCUT2D eigenvalue weighted by atomic mass is 10.1. The number of carbonyl (C=O) groups excluding carboxylic acids is 1. The van der Waals surface area contributed by atoms with Crippen LogP contribution in [0.25, 0.3) is 0 Å². The Morgan fingerprint density at radius 1 is 1.11 bits per heavy atom. The molecule has 0 saturated carbocycles. The van der Waals surface area contributed by atoms with Crippen LogP contribution in [0.3, 0.4) is 0 Å². The summed E-state index contributed by atoms with van der Waals surface area (Å²) < 4.78 is 0.